The van der Waals surface area contributed by atoms with Crippen LogP contribution in [0.25, 0.3) is 0 Å². The van der Waals surface area contributed by atoms with E-state index < -0.39 is 28.9 Å². The largest absolute Gasteiger partial charge is 0.325 e. The van der Waals surface area contributed by atoms with E-state index in [1.165, 1.54) is 9.47 Å². The van der Waals surface area contributed by atoms with Crippen LogP contribution in [0.15, 0.2) is 76.6 Å². The molecule has 3 atom stereocenters. The fraction of sp³-hybridized carbons (Fsp3) is 0.172. The van der Waals surface area contributed by atoms with Gasteiger partial charge in [0.25, 0.3) is 0 Å². The van der Waals surface area contributed by atoms with Crippen LogP contribution in [0.4, 0.5) is 11.4 Å². The molecule has 4 aromatic rings. The summed E-state index contributed by atoms with van der Waals surface area (Å²) < 4.78 is 1.35. The number of rotatable bonds is 5. The van der Waals surface area contributed by atoms with Crippen LogP contribution >= 0.6 is 57.9 Å². The molecule has 1 aromatic heterocycles. The lowest BCUT2D eigenvalue weighted by molar-refractivity contribution is -0.122. The van der Waals surface area contributed by atoms with Gasteiger partial charge in [0.05, 0.1) is 26.7 Å². The van der Waals surface area contributed by atoms with E-state index >= 15 is 0 Å². The van der Waals surface area contributed by atoms with Gasteiger partial charge in [-0.1, -0.05) is 87.7 Å². The Morgan fingerprint density at radius 1 is 0.927 bits per heavy atom. The summed E-state index contributed by atoms with van der Waals surface area (Å²) in [6.45, 7) is 1.64. The Morgan fingerprint density at radius 3 is 2.34 bits per heavy atom. The van der Waals surface area contributed by atoms with Crippen molar-refractivity contribution < 1.29 is 14.4 Å². The Bertz CT molecular complexity index is 1770. The zero-order valence-electron chi connectivity index (χ0n) is 21.3. The molecule has 208 valence electrons. The Labute approximate surface area is 258 Å². The van der Waals surface area contributed by atoms with Crippen molar-refractivity contribution in [3.05, 3.63) is 107 Å². The van der Waals surface area contributed by atoms with E-state index in [-0.39, 0.29) is 22.3 Å². The topological polar surface area (TPSA) is 88.5 Å². The molecule has 3 heterocycles. The first-order chi connectivity index (χ1) is 19.6. The maximum absolute atomic E-state index is 14.0. The molecule has 3 amide bonds. The summed E-state index contributed by atoms with van der Waals surface area (Å²) in [5.74, 6) is -2.74. The summed E-state index contributed by atoms with van der Waals surface area (Å²) in [5.41, 5.74) is 2.53. The second-order valence-corrected chi connectivity index (χ2v) is 13.1. The molecule has 3 aromatic carbocycles. The molecule has 6 rings (SSSR count). The smallest absolute Gasteiger partial charge is 0.308 e. The summed E-state index contributed by atoms with van der Waals surface area (Å²) in [6.07, 6.45) is 0. The number of halogens is 3. The van der Waals surface area contributed by atoms with Crippen LogP contribution < -0.4 is 15.1 Å². The molecule has 1 N–H and O–H groups in total. The van der Waals surface area contributed by atoms with Crippen molar-refractivity contribution in [2.75, 3.05) is 10.2 Å². The van der Waals surface area contributed by atoms with Gasteiger partial charge >= 0.3 is 4.87 Å². The van der Waals surface area contributed by atoms with Crippen LogP contribution in [0.5, 0.6) is 0 Å². The van der Waals surface area contributed by atoms with Gasteiger partial charge in [-0.05, 0) is 55.0 Å². The average molecular weight is 645 g/mol. The highest BCUT2D eigenvalue weighted by atomic mass is 35.5. The Hall–Kier alpha value is -3.08. The lowest BCUT2D eigenvalue weighted by atomic mass is 9.83. The summed E-state index contributed by atoms with van der Waals surface area (Å²) in [6, 6.07) is 18.9. The predicted octanol–water partition coefficient (Wildman–Crippen LogP) is 6.61. The molecule has 1 fully saturated rings. The van der Waals surface area contributed by atoms with E-state index in [1.54, 1.807) is 54.6 Å². The highest BCUT2D eigenvalue weighted by molar-refractivity contribution is 8.00. The number of thiazole rings is 1. The fourth-order valence-electron chi connectivity index (χ4n) is 5.18. The standard InChI is InChI=1S/C29H20Cl3N3O4S2/c1-14-5-11-17(12-6-14)35-26(37)22-21(18-3-2-4-19(31)23(18)32)25-28(40-24(22)27(35)38)34(29(39)41-25)13-20(36)33-16-9-7-15(30)8-10-16/h2-12,21-22,24H,13H2,1H3,(H,33,36)/t21-,22-,24+/m0/s1. The van der Waals surface area contributed by atoms with Crippen LogP contribution in [0, 0.1) is 12.8 Å². The van der Waals surface area contributed by atoms with Gasteiger partial charge in [0, 0.05) is 21.5 Å². The molecule has 0 unspecified atom stereocenters. The predicted molar refractivity (Wildman–Crippen MR) is 164 cm³/mol. The van der Waals surface area contributed by atoms with E-state index in [2.05, 4.69) is 5.32 Å². The van der Waals surface area contributed by atoms with E-state index in [4.69, 9.17) is 34.8 Å². The molecule has 0 spiro atoms. The number of nitrogens with one attached hydrogen (secondary N) is 1. The number of imide groups is 1. The third-order valence-electron chi connectivity index (χ3n) is 7.09. The van der Waals surface area contributed by atoms with Crippen LogP contribution in [-0.2, 0) is 20.9 Å². The van der Waals surface area contributed by atoms with Crippen molar-refractivity contribution >= 4 is 87.0 Å². The van der Waals surface area contributed by atoms with Crippen molar-refractivity contribution in [1.29, 1.82) is 0 Å². The second-order valence-electron chi connectivity index (χ2n) is 9.71. The van der Waals surface area contributed by atoms with Crippen LogP contribution in [0.1, 0.15) is 21.9 Å². The molecule has 0 aliphatic carbocycles. The minimum Gasteiger partial charge on any atom is -0.325 e. The van der Waals surface area contributed by atoms with E-state index in [0.717, 1.165) is 28.7 Å². The number of anilines is 2. The number of amides is 3. The normalized spacial score (nSPS) is 19.7. The number of carbonyl (C=O) groups excluding carboxylic acids is 3. The minimum absolute atomic E-state index is 0.248. The minimum atomic E-state index is -0.837. The Balaban J connectivity index is 1.43. The first-order valence-corrected chi connectivity index (χ1v) is 15.3. The van der Waals surface area contributed by atoms with Gasteiger partial charge in [0.2, 0.25) is 17.7 Å². The monoisotopic (exact) mass is 643 g/mol. The van der Waals surface area contributed by atoms with Gasteiger partial charge in [0.1, 0.15) is 11.8 Å². The quantitative estimate of drug-likeness (QED) is 0.247. The Kier molecular flexibility index (Phi) is 7.50. The van der Waals surface area contributed by atoms with Crippen molar-refractivity contribution in [1.82, 2.24) is 4.57 Å². The summed E-state index contributed by atoms with van der Waals surface area (Å²) in [7, 11) is 0. The third-order valence-corrected chi connectivity index (χ3v) is 10.8. The number of thioether (sulfide) groups is 1. The molecule has 41 heavy (non-hydrogen) atoms. The van der Waals surface area contributed by atoms with E-state index in [9.17, 15) is 19.2 Å². The lowest BCUT2D eigenvalue weighted by Gasteiger charge is -2.31. The average Bonchev–Trinajstić information content (AvgIpc) is 3.38. The van der Waals surface area contributed by atoms with E-state index in [0.29, 0.717) is 36.9 Å². The number of hydrogen-bond donors (Lipinski definition) is 1. The molecule has 7 nitrogen and oxygen atoms in total. The van der Waals surface area contributed by atoms with Crippen LogP contribution in [0.3, 0.4) is 0 Å². The highest BCUT2D eigenvalue weighted by Gasteiger charge is 2.57. The number of carbonyl (C=O) groups is 3. The highest BCUT2D eigenvalue weighted by Crippen LogP contribution is 2.55. The Morgan fingerprint density at radius 2 is 1.63 bits per heavy atom. The van der Waals surface area contributed by atoms with Gasteiger partial charge in [-0.25, -0.2) is 4.90 Å². The lowest BCUT2D eigenvalue weighted by Crippen LogP contribution is -2.33. The fourth-order valence-corrected chi connectivity index (χ4v) is 8.49. The molecular weight excluding hydrogens is 625 g/mol. The molecule has 2 aliphatic rings. The van der Waals surface area contributed by atoms with E-state index in [1.807, 2.05) is 19.1 Å². The summed E-state index contributed by atoms with van der Waals surface area (Å²) >= 11 is 21.1. The zero-order valence-corrected chi connectivity index (χ0v) is 25.2. The van der Waals surface area contributed by atoms with Crippen molar-refractivity contribution in [2.24, 2.45) is 5.92 Å². The van der Waals surface area contributed by atoms with Gasteiger partial charge in [0.15, 0.2) is 0 Å². The maximum Gasteiger partial charge on any atom is 0.308 e. The first kappa shape index (κ1) is 28.1. The van der Waals surface area contributed by atoms with Crippen LogP contribution in [-0.4, -0.2) is 27.5 Å². The van der Waals surface area contributed by atoms with Crippen molar-refractivity contribution in [3.8, 4) is 0 Å². The van der Waals surface area contributed by atoms with Crippen LogP contribution in [0.2, 0.25) is 15.1 Å². The number of hydrogen-bond acceptors (Lipinski definition) is 6. The number of benzene rings is 3. The molecule has 12 heteroatoms. The van der Waals surface area contributed by atoms with Gasteiger partial charge < -0.3 is 5.32 Å². The van der Waals surface area contributed by atoms with Crippen molar-refractivity contribution in [3.63, 3.8) is 0 Å². The summed E-state index contributed by atoms with van der Waals surface area (Å²) in [4.78, 5) is 55.5. The van der Waals surface area contributed by atoms with Gasteiger partial charge in [-0.2, -0.15) is 0 Å². The maximum atomic E-state index is 14.0. The SMILES string of the molecule is Cc1ccc(N2C(=O)[C@H]3[C@H](c4cccc(Cl)c4Cl)c4sc(=O)n(CC(=O)Nc5ccc(Cl)cc5)c4S[C@H]3C2=O)cc1. The number of nitrogens with zero attached hydrogens (tertiary/aromatic N) is 2. The van der Waals surface area contributed by atoms with Gasteiger partial charge in [-0.15, -0.1) is 0 Å². The second kappa shape index (κ2) is 11.0. The molecule has 1 saturated heterocycles. The number of fused-ring (bicyclic) bond motifs is 2. The summed E-state index contributed by atoms with van der Waals surface area (Å²) in [5, 5.41) is 3.46. The number of aromatic nitrogens is 1. The molecule has 0 saturated carbocycles. The molecule has 0 radical (unpaired) electrons. The molecular formula is C29H20Cl3N3O4S2. The van der Waals surface area contributed by atoms with Gasteiger partial charge in [-0.3, -0.25) is 23.7 Å². The first-order valence-electron chi connectivity index (χ1n) is 12.5. The zero-order chi connectivity index (χ0) is 29.0. The third kappa shape index (κ3) is 5.00. The molecule has 0 bridgehead atoms. The molecule has 2 aliphatic heterocycles. The number of aryl methyl sites for hydroxylation is 1. The van der Waals surface area contributed by atoms with Crippen molar-refractivity contribution in [2.45, 2.75) is 29.7 Å².